The Bertz CT molecular complexity index is 931. The molecule has 0 aliphatic carbocycles. The fourth-order valence-corrected chi connectivity index (χ4v) is 3.74. The van der Waals surface area contributed by atoms with Gasteiger partial charge < -0.3 is 24.3 Å². The number of methoxy groups -OCH3 is 2. The zero-order valence-electron chi connectivity index (χ0n) is 19.2. The minimum absolute atomic E-state index is 0.109. The van der Waals surface area contributed by atoms with E-state index >= 15 is 0 Å². The van der Waals surface area contributed by atoms with Crippen molar-refractivity contribution < 1.29 is 36.9 Å². The lowest BCUT2D eigenvalue weighted by Gasteiger charge is -2.35. The van der Waals surface area contributed by atoms with E-state index in [1.54, 1.807) is 38.5 Å². The standard InChI is InChI=1S/C24H29F3N2O5/c1-31-21-8-7-19(13-22(21)32-2)20(29-9-11-33-12-10-29)14-28-23(30)18-5-3-17(4-6-18)15-34-16-24(25,26)27/h3-8,13,20H,9-12,14-16H2,1-2H3,(H,28,30). The predicted octanol–water partition coefficient (Wildman–Crippen LogP) is 3.59. The topological polar surface area (TPSA) is 69.3 Å². The first-order chi connectivity index (χ1) is 16.3. The lowest BCUT2D eigenvalue weighted by Crippen LogP contribution is -2.43. The van der Waals surface area contributed by atoms with Crippen LogP contribution in [0.4, 0.5) is 13.2 Å². The quantitative estimate of drug-likeness (QED) is 0.558. The molecule has 186 valence electrons. The van der Waals surface area contributed by atoms with Gasteiger partial charge in [0, 0.05) is 25.2 Å². The maximum Gasteiger partial charge on any atom is 0.411 e. The van der Waals surface area contributed by atoms with Gasteiger partial charge in [0.05, 0.1) is 40.1 Å². The number of carbonyl (C=O) groups is 1. The third-order valence-corrected chi connectivity index (χ3v) is 5.49. The number of rotatable bonds is 10. The van der Waals surface area contributed by atoms with Crippen LogP contribution in [0.2, 0.25) is 0 Å². The van der Waals surface area contributed by atoms with Crippen LogP contribution in [-0.2, 0) is 16.1 Å². The Labute approximate surface area is 196 Å². The number of morpholine rings is 1. The van der Waals surface area contributed by atoms with Crippen molar-refractivity contribution in [2.75, 3.05) is 53.7 Å². The van der Waals surface area contributed by atoms with E-state index in [0.29, 0.717) is 42.4 Å². The Hall–Kier alpha value is -2.82. The molecule has 1 heterocycles. The van der Waals surface area contributed by atoms with Crippen molar-refractivity contribution in [2.45, 2.75) is 18.8 Å². The van der Waals surface area contributed by atoms with Crippen LogP contribution in [0.5, 0.6) is 11.5 Å². The van der Waals surface area contributed by atoms with Crippen LogP contribution in [0.25, 0.3) is 0 Å². The third-order valence-electron chi connectivity index (χ3n) is 5.49. The van der Waals surface area contributed by atoms with Gasteiger partial charge in [0.2, 0.25) is 0 Å². The van der Waals surface area contributed by atoms with E-state index < -0.39 is 12.8 Å². The molecule has 1 aliphatic rings. The van der Waals surface area contributed by atoms with Gasteiger partial charge in [0.15, 0.2) is 11.5 Å². The molecule has 2 aromatic rings. The van der Waals surface area contributed by atoms with Gasteiger partial charge in [-0.3, -0.25) is 9.69 Å². The Morgan fingerprint density at radius 2 is 1.74 bits per heavy atom. The Morgan fingerprint density at radius 1 is 1.06 bits per heavy atom. The summed E-state index contributed by atoms with van der Waals surface area (Å²) in [7, 11) is 3.15. The van der Waals surface area contributed by atoms with E-state index in [4.69, 9.17) is 14.2 Å². The van der Waals surface area contributed by atoms with E-state index in [9.17, 15) is 18.0 Å². The highest BCUT2D eigenvalue weighted by Crippen LogP contribution is 2.32. The summed E-state index contributed by atoms with van der Waals surface area (Å²) >= 11 is 0. The van der Waals surface area contributed by atoms with E-state index in [2.05, 4.69) is 15.0 Å². The minimum Gasteiger partial charge on any atom is -0.493 e. The number of halogens is 3. The summed E-state index contributed by atoms with van der Waals surface area (Å²) < 4.78 is 57.5. The van der Waals surface area contributed by atoms with Crippen molar-refractivity contribution in [1.82, 2.24) is 10.2 Å². The largest absolute Gasteiger partial charge is 0.493 e. The smallest absolute Gasteiger partial charge is 0.411 e. The molecule has 0 bridgehead atoms. The van der Waals surface area contributed by atoms with E-state index in [1.165, 1.54) is 0 Å². The molecule has 1 unspecified atom stereocenters. The second-order valence-electron chi connectivity index (χ2n) is 7.79. The van der Waals surface area contributed by atoms with Gasteiger partial charge in [-0.25, -0.2) is 0 Å². The van der Waals surface area contributed by atoms with Crippen LogP contribution in [-0.4, -0.2) is 70.7 Å². The highest BCUT2D eigenvalue weighted by atomic mass is 19.4. The summed E-state index contributed by atoms with van der Waals surface area (Å²) in [5.74, 6) is 0.949. The lowest BCUT2D eigenvalue weighted by molar-refractivity contribution is -0.176. The Morgan fingerprint density at radius 3 is 2.35 bits per heavy atom. The molecule has 3 rings (SSSR count). The molecule has 0 radical (unpaired) electrons. The molecule has 0 saturated carbocycles. The molecule has 1 N–H and O–H groups in total. The fraction of sp³-hybridized carbons (Fsp3) is 0.458. The zero-order chi connectivity index (χ0) is 24.6. The van der Waals surface area contributed by atoms with Gasteiger partial charge in [-0.2, -0.15) is 13.2 Å². The molecular weight excluding hydrogens is 453 g/mol. The van der Waals surface area contributed by atoms with Crippen molar-refractivity contribution in [2.24, 2.45) is 0 Å². The highest BCUT2D eigenvalue weighted by molar-refractivity contribution is 5.94. The second-order valence-corrected chi connectivity index (χ2v) is 7.79. The summed E-state index contributed by atoms with van der Waals surface area (Å²) in [5.41, 5.74) is 1.93. The zero-order valence-corrected chi connectivity index (χ0v) is 19.2. The van der Waals surface area contributed by atoms with Gasteiger partial charge in [-0.15, -0.1) is 0 Å². The first kappa shape index (κ1) is 25.8. The highest BCUT2D eigenvalue weighted by Gasteiger charge is 2.27. The average molecular weight is 482 g/mol. The summed E-state index contributed by atoms with van der Waals surface area (Å²) in [5, 5.41) is 2.97. The number of alkyl halides is 3. The SMILES string of the molecule is COc1ccc(C(CNC(=O)c2ccc(COCC(F)(F)F)cc2)N2CCOCC2)cc1OC. The van der Waals surface area contributed by atoms with E-state index in [0.717, 1.165) is 18.7 Å². The number of carbonyl (C=O) groups excluding carboxylic acids is 1. The Kier molecular flexibility index (Phi) is 9.14. The third kappa shape index (κ3) is 7.34. The van der Waals surface area contributed by atoms with Gasteiger partial charge >= 0.3 is 6.18 Å². The summed E-state index contributed by atoms with van der Waals surface area (Å²) in [6, 6.07) is 11.9. The van der Waals surface area contributed by atoms with Crippen molar-refractivity contribution >= 4 is 5.91 Å². The van der Waals surface area contributed by atoms with Crippen LogP contribution in [0, 0.1) is 0 Å². The van der Waals surface area contributed by atoms with Gasteiger partial charge in [-0.05, 0) is 35.4 Å². The minimum atomic E-state index is -4.37. The lowest BCUT2D eigenvalue weighted by atomic mass is 10.0. The van der Waals surface area contributed by atoms with E-state index in [-0.39, 0.29) is 18.6 Å². The molecule has 34 heavy (non-hydrogen) atoms. The number of ether oxygens (including phenoxy) is 4. The van der Waals surface area contributed by atoms with Crippen molar-refractivity contribution in [3.05, 3.63) is 59.2 Å². The van der Waals surface area contributed by atoms with Crippen LogP contribution in [0.15, 0.2) is 42.5 Å². The molecule has 1 atom stereocenters. The number of amides is 1. The van der Waals surface area contributed by atoms with Gasteiger partial charge in [-0.1, -0.05) is 18.2 Å². The van der Waals surface area contributed by atoms with Crippen molar-refractivity contribution in [3.63, 3.8) is 0 Å². The van der Waals surface area contributed by atoms with Crippen LogP contribution in [0.3, 0.4) is 0 Å². The van der Waals surface area contributed by atoms with Crippen molar-refractivity contribution in [1.29, 1.82) is 0 Å². The summed E-state index contributed by atoms with van der Waals surface area (Å²) in [4.78, 5) is 15.0. The van der Waals surface area contributed by atoms with Crippen LogP contribution in [0.1, 0.15) is 27.5 Å². The van der Waals surface area contributed by atoms with E-state index in [1.807, 2.05) is 18.2 Å². The fourth-order valence-electron chi connectivity index (χ4n) is 3.74. The van der Waals surface area contributed by atoms with Crippen LogP contribution < -0.4 is 14.8 Å². The maximum absolute atomic E-state index is 12.8. The molecular formula is C24H29F3N2O5. The number of hydrogen-bond donors (Lipinski definition) is 1. The normalized spacial score (nSPS) is 15.6. The Balaban J connectivity index is 1.66. The number of hydrogen-bond acceptors (Lipinski definition) is 6. The maximum atomic E-state index is 12.8. The monoisotopic (exact) mass is 482 g/mol. The van der Waals surface area contributed by atoms with Crippen LogP contribution >= 0.6 is 0 Å². The van der Waals surface area contributed by atoms with Gasteiger partial charge in [0.1, 0.15) is 6.61 Å². The second kappa shape index (κ2) is 12.0. The number of nitrogens with one attached hydrogen (secondary N) is 1. The van der Waals surface area contributed by atoms with Gasteiger partial charge in [0.25, 0.3) is 5.91 Å². The first-order valence-electron chi connectivity index (χ1n) is 10.9. The molecule has 0 aromatic heterocycles. The molecule has 0 spiro atoms. The summed E-state index contributed by atoms with van der Waals surface area (Å²) in [6.45, 7) is 1.52. The van der Waals surface area contributed by atoms with Crippen molar-refractivity contribution in [3.8, 4) is 11.5 Å². The number of benzene rings is 2. The molecule has 10 heteroatoms. The average Bonchev–Trinajstić information content (AvgIpc) is 2.84. The number of nitrogens with zero attached hydrogens (tertiary/aromatic N) is 1. The predicted molar refractivity (Wildman–Crippen MR) is 119 cm³/mol. The molecule has 1 fully saturated rings. The molecule has 1 aliphatic heterocycles. The molecule has 2 aromatic carbocycles. The molecule has 1 saturated heterocycles. The summed E-state index contributed by atoms with van der Waals surface area (Å²) in [6.07, 6.45) is -4.37. The first-order valence-corrected chi connectivity index (χ1v) is 10.9. The molecule has 7 nitrogen and oxygen atoms in total. The molecule has 1 amide bonds.